The van der Waals surface area contributed by atoms with Crippen molar-refractivity contribution in [3.05, 3.63) is 39.5 Å². The lowest BCUT2D eigenvalue weighted by Gasteiger charge is -2.07. The van der Waals surface area contributed by atoms with Crippen LogP contribution in [0.25, 0.3) is 11.4 Å². The molecule has 4 nitrogen and oxygen atoms in total. The Morgan fingerprint density at radius 1 is 1.33 bits per heavy atom. The van der Waals surface area contributed by atoms with Gasteiger partial charge >= 0.3 is 0 Å². The Morgan fingerprint density at radius 3 is 2.83 bits per heavy atom. The average Bonchev–Trinajstić information content (AvgIpc) is 2.32. The predicted molar refractivity (Wildman–Crippen MR) is 75.3 cm³/mol. The Labute approximate surface area is 118 Å². The minimum Gasteiger partial charge on any atom is -0.384 e. The Bertz CT molecular complexity index is 577. The maximum atomic E-state index is 6.14. The largest absolute Gasteiger partial charge is 0.384 e. The van der Waals surface area contributed by atoms with Crippen molar-refractivity contribution in [1.29, 1.82) is 0 Å². The van der Waals surface area contributed by atoms with Crippen molar-refractivity contribution in [1.82, 2.24) is 9.97 Å². The number of methoxy groups -OCH3 is 1. The maximum absolute atomic E-state index is 6.14. The summed E-state index contributed by atoms with van der Waals surface area (Å²) in [6, 6.07) is 7.17. The van der Waals surface area contributed by atoms with E-state index in [-0.39, 0.29) is 0 Å². The number of nitrogens with two attached hydrogens (primary N) is 1. The zero-order valence-electron chi connectivity index (χ0n) is 9.65. The van der Waals surface area contributed by atoms with Crippen molar-refractivity contribution in [2.75, 3.05) is 12.8 Å². The highest BCUT2D eigenvalue weighted by molar-refractivity contribution is 9.10. The second-order valence-electron chi connectivity index (χ2n) is 3.66. The normalized spacial score (nSPS) is 10.6. The molecule has 94 valence electrons. The first-order valence-electron chi connectivity index (χ1n) is 5.18. The molecule has 0 fully saturated rings. The quantitative estimate of drug-likeness (QED) is 0.939. The third-order valence-electron chi connectivity index (χ3n) is 2.26. The van der Waals surface area contributed by atoms with Gasteiger partial charge in [0.05, 0.1) is 17.3 Å². The van der Waals surface area contributed by atoms with Gasteiger partial charge in [-0.2, -0.15) is 0 Å². The van der Waals surface area contributed by atoms with E-state index >= 15 is 0 Å². The number of hydrogen-bond donors (Lipinski definition) is 1. The van der Waals surface area contributed by atoms with E-state index < -0.39 is 0 Å². The van der Waals surface area contributed by atoms with Gasteiger partial charge in [-0.3, -0.25) is 0 Å². The number of hydrogen-bond acceptors (Lipinski definition) is 4. The second-order valence-corrected chi connectivity index (χ2v) is 4.99. The monoisotopic (exact) mass is 327 g/mol. The number of nitrogens with zero attached hydrogens (tertiary/aromatic N) is 2. The second kappa shape index (κ2) is 5.65. The molecule has 1 heterocycles. The van der Waals surface area contributed by atoms with Crippen LogP contribution in [0, 0.1) is 0 Å². The highest BCUT2D eigenvalue weighted by Gasteiger charge is 2.09. The lowest BCUT2D eigenvalue weighted by molar-refractivity contribution is 0.181. The number of halogens is 2. The molecule has 0 aliphatic carbocycles. The van der Waals surface area contributed by atoms with Gasteiger partial charge in [0.25, 0.3) is 0 Å². The van der Waals surface area contributed by atoms with Gasteiger partial charge in [-0.05, 0) is 18.2 Å². The van der Waals surface area contributed by atoms with E-state index in [2.05, 4.69) is 25.9 Å². The molecule has 0 amide bonds. The van der Waals surface area contributed by atoms with Crippen LogP contribution in [0.2, 0.25) is 5.02 Å². The smallest absolute Gasteiger partial charge is 0.163 e. The highest BCUT2D eigenvalue weighted by atomic mass is 79.9. The van der Waals surface area contributed by atoms with Crippen molar-refractivity contribution in [3.8, 4) is 11.4 Å². The molecule has 1 aromatic carbocycles. The van der Waals surface area contributed by atoms with E-state index in [0.29, 0.717) is 23.3 Å². The van der Waals surface area contributed by atoms with E-state index in [9.17, 15) is 0 Å². The van der Waals surface area contributed by atoms with Crippen molar-refractivity contribution in [2.24, 2.45) is 0 Å². The van der Waals surface area contributed by atoms with E-state index in [1.165, 1.54) is 0 Å². The molecule has 1 aromatic heterocycles. The fourth-order valence-electron chi connectivity index (χ4n) is 1.53. The summed E-state index contributed by atoms with van der Waals surface area (Å²) in [5.74, 6) is 0.886. The molecule has 18 heavy (non-hydrogen) atoms. The van der Waals surface area contributed by atoms with E-state index in [0.717, 1.165) is 15.7 Å². The van der Waals surface area contributed by atoms with Crippen molar-refractivity contribution in [2.45, 2.75) is 6.61 Å². The minimum atomic E-state index is 0.380. The lowest BCUT2D eigenvalue weighted by atomic mass is 10.2. The summed E-state index contributed by atoms with van der Waals surface area (Å²) in [5.41, 5.74) is 7.20. The van der Waals surface area contributed by atoms with Crippen molar-refractivity contribution >= 4 is 33.3 Å². The zero-order valence-corrected chi connectivity index (χ0v) is 12.0. The number of benzene rings is 1. The van der Waals surface area contributed by atoms with Crippen LogP contribution in [-0.4, -0.2) is 17.1 Å². The van der Waals surface area contributed by atoms with Crippen LogP contribution in [0.1, 0.15) is 5.69 Å². The lowest BCUT2D eigenvalue weighted by Crippen LogP contribution is -2.01. The first-order valence-corrected chi connectivity index (χ1v) is 6.35. The van der Waals surface area contributed by atoms with Gasteiger partial charge < -0.3 is 10.5 Å². The maximum Gasteiger partial charge on any atom is 0.163 e. The van der Waals surface area contributed by atoms with Crippen LogP contribution < -0.4 is 5.73 Å². The van der Waals surface area contributed by atoms with Crippen molar-refractivity contribution < 1.29 is 4.74 Å². The third kappa shape index (κ3) is 2.98. The van der Waals surface area contributed by atoms with Gasteiger partial charge in [-0.1, -0.05) is 27.5 Å². The minimum absolute atomic E-state index is 0.380. The molecule has 0 aliphatic rings. The molecule has 0 saturated heterocycles. The number of rotatable bonds is 3. The Balaban J connectivity index is 2.52. The molecular weight excluding hydrogens is 318 g/mol. The van der Waals surface area contributed by atoms with Crippen LogP contribution >= 0.6 is 27.5 Å². The number of ether oxygens (including phenoxy) is 1. The van der Waals surface area contributed by atoms with Gasteiger partial charge in [-0.15, -0.1) is 0 Å². The van der Waals surface area contributed by atoms with E-state index in [4.69, 9.17) is 22.1 Å². The molecule has 0 bridgehead atoms. The molecule has 0 aliphatic heterocycles. The molecule has 0 atom stereocenters. The number of aromatic nitrogens is 2. The zero-order chi connectivity index (χ0) is 13.1. The molecule has 0 radical (unpaired) electrons. The molecule has 2 aromatic rings. The van der Waals surface area contributed by atoms with Crippen LogP contribution in [0.5, 0.6) is 0 Å². The first-order chi connectivity index (χ1) is 8.60. The van der Waals surface area contributed by atoms with Gasteiger partial charge in [0.15, 0.2) is 5.82 Å². The SMILES string of the molecule is COCc1cc(N)nc(-c2cc(Br)ccc2Cl)n1. The number of anilines is 1. The Hall–Kier alpha value is -1.17. The van der Waals surface area contributed by atoms with Crippen molar-refractivity contribution in [3.63, 3.8) is 0 Å². The van der Waals surface area contributed by atoms with E-state index in [1.54, 1.807) is 19.2 Å². The Kier molecular flexibility index (Phi) is 4.16. The molecule has 0 saturated carbocycles. The van der Waals surface area contributed by atoms with Crippen LogP contribution in [0.3, 0.4) is 0 Å². The summed E-state index contributed by atoms with van der Waals surface area (Å²) in [4.78, 5) is 8.57. The summed E-state index contributed by atoms with van der Waals surface area (Å²) < 4.78 is 5.94. The summed E-state index contributed by atoms with van der Waals surface area (Å²) in [7, 11) is 1.60. The first kappa shape index (κ1) is 13.3. The topological polar surface area (TPSA) is 61.0 Å². The van der Waals surface area contributed by atoms with Gasteiger partial charge in [0.1, 0.15) is 5.82 Å². The average molecular weight is 329 g/mol. The summed E-state index contributed by atoms with van der Waals surface area (Å²) in [6.07, 6.45) is 0. The summed E-state index contributed by atoms with van der Waals surface area (Å²) in [5, 5.41) is 0.576. The molecule has 6 heteroatoms. The highest BCUT2D eigenvalue weighted by Crippen LogP contribution is 2.29. The fourth-order valence-corrected chi connectivity index (χ4v) is 2.09. The molecule has 0 unspecified atom stereocenters. The van der Waals surface area contributed by atoms with Crippen LogP contribution in [0.4, 0.5) is 5.82 Å². The molecular formula is C12H11BrClN3O. The van der Waals surface area contributed by atoms with Crippen LogP contribution in [-0.2, 0) is 11.3 Å². The third-order valence-corrected chi connectivity index (χ3v) is 3.08. The van der Waals surface area contributed by atoms with Crippen LogP contribution in [0.15, 0.2) is 28.7 Å². The summed E-state index contributed by atoms with van der Waals surface area (Å²) >= 11 is 9.53. The Morgan fingerprint density at radius 2 is 2.11 bits per heavy atom. The fraction of sp³-hybridized carbons (Fsp3) is 0.167. The molecule has 2 rings (SSSR count). The number of nitrogen functional groups attached to an aromatic ring is 1. The molecule has 0 spiro atoms. The van der Waals surface area contributed by atoms with E-state index in [1.807, 2.05) is 12.1 Å². The summed E-state index contributed by atoms with van der Waals surface area (Å²) in [6.45, 7) is 0.380. The van der Waals surface area contributed by atoms with Gasteiger partial charge in [0, 0.05) is 23.2 Å². The van der Waals surface area contributed by atoms with Gasteiger partial charge in [0.2, 0.25) is 0 Å². The molecule has 2 N–H and O–H groups in total. The van der Waals surface area contributed by atoms with Gasteiger partial charge in [-0.25, -0.2) is 9.97 Å². The standard InChI is InChI=1S/C12H11BrClN3O/c1-18-6-8-5-11(15)17-12(16-8)9-4-7(13)2-3-10(9)14/h2-5H,6H2,1H3,(H2,15,16,17). The predicted octanol–water partition coefficient (Wildman–Crippen LogP) is 3.29.